The molecule has 0 aromatic heterocycles. The summed E-state index contributed by atoms with van der Waals surface area (Å²) >= 11 is 24.4. The highest BCUT2D eigenvalue weighted by molar-refractivity contribution is 7.92. The van der Waals surface area contributed by atoms with E-state index in [1.807, 2.05) is 0 Å². The van der Waals surface area contributed by atoms with Crippen LogP contribution in [0.15, 0.2) is 65.6 Å². The number of hydrogen-bond donors (Lipinski definition) is 1. The largest absolute Gasteiger partial charge is 0.489 e. The Morgan fingerprint density at radius 2 is 1.47 bits per heavy atom. The van der Waals surface area contributed by atoms with Crippen LogP contribution in [0.2, 0.25) is 20.1 Å². The molecule has 1 amide bonds. The SMILES string of the molecule is CC(C)Oc1cc(N(CC(=O)Nc2ccc(Cl)cc2)S(=O)(=O)c2ccc(Cl)cc2)c(Cl)cc1Cl. The van der Waals surface area contributed by atoms with Gasteiger partial charge in [-0.15, -0.1) is 0 Å². The summed E-state index contributed by atoms with van der Waals surface area (Å²) in [5.41, 5.74) is 0.479. The average molecular weight is 562 g/mol. The lowest BCUT2D eigenvalue weighted by Gasteiger charge is -2.26. The van der Waals surface area contributed by atoms with Crippen LogP contribution in [0.5, 0.6) is 5.75 Å². The maximum absolute atomic E-state index is 13.6. The van der Waals surface area contributed by atoms with Gasteiger partial charge in [0.05, 0.1) is 26.7 Å². The van der Waals surface area contributed by atoms with Crippen LogP contribution in [0.4, 0.5) is 11.4 Å². The number of rotatable bonds is 8. The zero-order chi connectivity index (χ0) is 25.0. The molecule has 1 N–H and O–H groups in total. The van der Waals surface area contributed by atoms with Gasteiger partial charge in [0.15, 0.2) is 0 Å². The van der Waals surface area contributed by atoms with Crippen molar-refractivity contribution < 1.29 is 17.9 Å². The van der Waals surface area contributed by atoms with Crippen molar-refractivity contribution in [3.63, 3.8) is 0 Å². The molecule has 0 saturated heterocycles. The van der Waals surface area contributed by atoms with Gasteiger partial charge in [0.1, 0.15) is 12.3 Å². The molecular formula is C23H20Cl4N2O4S. The van der Waals surface area contributed by atoms with Gasteiger partial charge in [-0.1, -0.05) is 46.4 Å². The maximum Gasteiger partial charge on any atom is 0.264 e. The van der Waals surface area contributed by atoms with E-state index in [-0.39, 0.29) is 32.5 Å². The van der Waals surface area contributed by atoms with Crippen LogP contribution in [0.25, 0.3) is 0 Å². The molecule has 0 aliphatic rings. The predicted octanol–water partition coefficient (Wildman–Crippen LogP) is 6.92. The second kappa shape index (κ2) is 11.1. The fourth-order valence-electron chi connectivity index (χ4n) is 2.95. The van der Waals surface area contributed by atoms with Gasteiger partial charge in [0.25, 0.3) is 10.0 Å². The summed E-state index contributed by atoms with van der Waals surface area (Å²) in [5, 5.41) is 3.75. The van der Waals surface area contributed by atoms with Gasteiger partial charge in [-0.05, 0) is 68.4 Å². The molecule has 0 heterocycles. The van der Waals surface area contributed by atoms with Crippen molar-refractivity contribution in [1.29, 1.82) is 0 Å². The Morgan fingerprint density at radius 1 is 0.912 bits per heavy atom. The normalized spacial score (nSPS) is 11.4. The Kier molecular flexibility index (Phi) is 8.60. The minimum Gasteiger partial charge on any atom is -0.489 e. The first kappa shape index (κ1) is 26.4. The molecule has 11 heteroatoms. The number of carbonyl (C=O) groups is 1. The molecule has 0 fully saturated rings. The molecular weight excluding hydrogens is 542 g/mol. The van der Waals surface area contributed by atoms with E-state index in [0.29, 0.717) is 15.7 Å². The minimum absolute atomic E-state index is 0.0259. The summed E-state index contributed by atoms with van der Waals surface area (Å²) < 4.78 is 33.8. The van der Waals surface area contributed by atoms with E-state index in [9.17, 15) is 13.2 Å². The summed E-state index contributed by atoms with van der Waals surface area (Å²) in [6, 6.07) is 14.7. The third-order valence-corrected chi connectivity index (χ3v) is 7.33. The highest BCUT2D eigenvalue weighted by atomic mass is 35.5. The summed E-state index contributed by atoms with van der Waals surface area (Å²) in [4.78, 5) is 12.8. The van der Waals surface area contributed by atoms with E-state index in [4.69, 9.17) is 51.1 Å². The Morgan fingerprint density at radius 3 is 2.03 bits per heavy atom. The van der Waals surface area contributed by atoms with Gasteiger partial charge >= 0.3 is 0 Å². The lowest BCUT2D eigenvalue weighted by molar-refractivity contribution is -0.114. The van der Waals surface area contributed by atoms with Crippen molar-refractivity contribution in [1.82, 2.24) is 0 Å². The quantitative estimate of drug-likeness (QED) is 0.324. The average Bonchev–Trinajstić information content (AvgIpc) is 2.76. The topological polar surface area (TPSA) is 75.7 Å². The van der Waals surface area contributed by atoms with Crippen LogP contribution < -0.4 is 14.4 Å². The zero-order valence-corrected chi connectivity index (χ0v) is 21.9. The van der Waals surface area contributed by atoms with Gasteiger partial charge in [-0.2, -0.15) is 0 Å². The van der Waals surface area contributed by atoms with Crippen LogP contribution in [-0.2, 0) is 14.8 Å². The zero-order valence-electron chi connectivity index (χ0n) is 18.1. The molecule has 0 bridgehead atoms. The molecule has 0 aliphatic heterocycles. The highest BCUT2D eigenvalue weighted by Gasteiger charge is 2.30. The first-order valence-electron chi connectivity index (χ1n) is 9.97. The molecule has 0 unspecified atom stereocenters. The smallest absolute Gasteiger partial charge is 0.264 e. The van der Waals surface area contributed by atoms with Crippen molar-refractivity contribution in [3.05, 3.63) is 80.8 Å². The molecule has 0 atom stereocenters. The Hall–Kier alpha value is -2.16. The summed E-state index contributed by atoms with van der Waals surface area (Å²) in [7, 11) is -4.24. The number of ether oxygens (including phenoxy) is 1. The third-order valence-electron chi connectivity index (χ3n) is 4.45. The van der Waals surface area contributed by atoms with Crippen LogP contribution in [0.1, 0.15) is 13.8 Å². The molecule has 0 spiro atoms. The number of halogens is 4. The third kappa shape index (κ3) is 6.49. The molecule has 0 aliphatic carbocycles. The monoisotopic (exact) mass is 560 g/mol. The van der Waals surface area contributed by atoms with Gasteiger partial charge in [-0.25, -0.2) is 8.42 Å². The number of carbonyl (C=O) groups excluding carboxylic acids is 1. The minimum atomic E-state index is -4.24. The van der Waals surface area contributed by atoms with E-state index in [1.165, 1.54) is 36.4 Å². The van der Waals surface area contributed by atoms with Crippen LogP contribution >= 0.6 is 46.4 Å². The van der Waals surface area contributed by atoms with Crippen molar-refractivity contribution in [2.45, 2.75) is 24.8 Å². The van der Waals surface area contributed by atoms with E-state index in [0.717, 1.165) is 4.31 Å². The van der Waals surface area contributed by atoms with Crippen LogP contribution in [0, 0.1) is 0 Å². The number of hydrogen-bond acceptors (Lipinski definition) is 4. The van der Waals surface area contributed by atoms with E-state index >= 15 is 0 Å². The van der Waals surface area contributed by atoms with Gasteiger partial charge in [0.2, 0.25) is 5.91 Å². The molecule has 34 heavy (non-hydrogen) atoms. The lowest BCUT2D eigenvalue weighted by atomic mass is 10.2. The maximum atomic E-state index is 13.6. The highest BCUT2D eigenvalue weighted by Crippen LogP contribution is 2.39. The second-order valence-corrected chi connectivity index (χ2v) is 11.0. The predicted molar refractivity (Wildman–Crippen MR) is 138 cm³/mol. The van der Waals surface area contributed by atoms with Gasteiger partial charge < -0.3 is 10.1 Å². The van der Waals surface area contributed by atoms with E-state index < -0.39 is 22.5 Å². The van der Waals surface area contributed by atoms with Gasteiger partial charge in [-0.3, -0.25) is 9.10 Å². The fourth-order valence-corrected chi connectivity index (χ4v) is 5.21. The number of anilines is 2. The molecule has 0 radical (unpaired) electrons. The number of benzene rings is 3. The van der Waals surface area contributed by atoms with Crippen molar-refractivity contribution in [2.24, 2.45) is 0 Å². The summed E-state index contributed by atoms with van der Waals surface area (Å²) in [5.74, 6) is -0.373. The van der Waals surface area contributed by atoms with E-state index in [2.05, 4.69) is 5.32 Å². The van der Waals surface area contributed by atoms with Crippen molar-refractivity contribution in [3.8, 4) is 5.75 Å². The molecule has 180 valence electrons. The van der Waals surface area contributed by atoms with Gasteiger partial charge in [0, 0.05) is 21.8 Å². The Labute approximate surface area is 218 Å². The number of sulfonamides is 1. The van der Waals surface area contributed by atoms with Crippen LogP contribution in [0.3, 0.4) is 0 Å². The standard InChI is InChI=1S/C23H20Cl4N2O4S/c1-14(2)33-22-12-21(19(26)11-20(22)27)29(34(31,32)18-9-5-16(25)6-10-18)13-23(30)28-17-7-3-15(24)4-8-17/h3-12,14H,13H2,1-2H3,(H,28,30). The molecule has 3 rings (SSSR count). The summed E-state index contributed by atoms with van der Waals surface area (Å²) in [6.45, 7) is 3.02. The molecule has 3 aromatic carbocycles. The van der Waals surface area contributed by atoms with Crippen LogP contribution in [-0.4, -0.2) is 27.0 Å². The molecule has 6 nitrogen and oxygen atoms in total. The number of amides is 1. The van der Waals surface area contributed by atoms with E-state index in [1.54, 1.807) is 38.1 Å². The Bertz CT molecular complexity index is 1280. The Balaban J connectivity index is 2.06. The molecule has 0 saturated carbocycles. The first-order valence-corrected chi connectivity index (χ1v) is 12.9. The summed E-state index contributed by atoms with van der Waals surface area (Å²) in [6.07, 6.45) is -0.235. The number of nitrogens with one attached hydrogen (secondary N) is 1. The van der Waals surface area contributed by atoms with Crippen molar-refractivity contribution in [2.75, 3.05) is 16.2 Å². The second-order valence-electron chi connectivity index (χ2n) is 7.42. The fraction of sp³-hybridized carbons (Fsp3) is 0.174. The first-order chi connectivity index (χ1) is 16.0. The lowest BCUT2D eigenvalue weighted by Crippen LogP contribution is -2.38. The molecule has 3 aromatic rings. The number of nitrogens with zero attached hydrogens (tertiary/aromatic N) is 1. The van der Waals surface area contributed by atoms with Crippen molar-refractivity contribution >= 4 is 73.7 Å².